The molecule has 372 valence electrons. The van der Waals surface area contributed by atoms with Crippen LogP contribution < -0.4 is 5.73 Å². The molecule has 0 bridgehead atoms. The standard InChI is InChI=1S/C52H94NO10P/c1-3-5-7-9-11-13-15-17-19-21-23-24-26-28-30-32-34-36-38-40-42-44-51(55)63-48(46-61-64(58,59)62-47-49(53)52(56)57)45-60-50(54)43-41-39-37-35-33-31-29-27-25-22-20-18-16-14-12-10-8-6-4-2/h12,14-15,17-18,20-21,23,48-49H,3-11,13,16,19,22,24-47,53H2,1-2H3,(H,56,57)(H,58,59)/b14-12-,17-15-,20-18-,23-21-. The average Bonchev–Trinajstić information content (AvgIpc) is 3.27. The second-order valence-electron chi connectivity index (χ2n) is 17.3. The maximum Gasteiger partial charge on any atom is 0.472 e. The minimum Gasteiger partial charge on any atom is -0.480 e. The highest BCUT2D eigenvalue weighted by Gasteiger charge is 2.28. The van der Waals surface area contributed by atoms with Crippen molar-refractivity contribution < 1.29 is 47.5 Å². The fourth-order valence-corrected chi connectivity index (χ4v) is 7.79. The van der Waals surface area contributed by atoms with Gasteiger partial charge in [-0.1, -0.05) is 191 Å². The molecule has 0 aliphatic carbocycles. The number of carbonyl (C=O) groups excluding carboxylic acids is 2. The van der Waals surface area contributed by atoms with Crippen molar-refractivity contribution >= 4 is 25.7 Å². The minimum absolute atomic E-state index is 0.155. The maximum atomic E-state index is 12.7. The topological polar surface area (TPSA) is 172 Å². The number of carbonyl (C=O) groups is 3. The summed E-state index contributed by atoms with van der Waals surface area (Å²) in [7, 11) is -4.72. The first-order chi connectivity index (χ1) is 31.1. The number of nitrogens with two attached hydrogens (primary N) is 1. The van der Waals surface area contributed by atoms with Crippen LogP contribution in [-0.4, -0.2) is 59.9 Å². The molecule has 0 aliphatic heterocycles. The Morgan fingerprint density at radius 1 is 0.484 bits per heavy atom. The highest BCUT2D eigenvalue weighted by Crippen LogP contribution is 2.43. The largest absolute Gasteiger partial charge is 0.480 e. The summed E-state index contributed by atoms with van der Waals surface area (Å²) in [6.07, 6.45) is 54.5. The Hall–Kier alpha value is -2.56. The first-order valence-electron chi connectivity index (χ1n) is 25.7. The smallest absolute Gasteiger partial charge is 0.472 e. The van der Waals surface area contributed by atoms with Gasteiger partial charge >= 0.3 is 25.7 Å². The van der Waals surface area contributed by atoms with E-state index in [9.17, 15) is 23.8 Å². The van der Waals surface area contributed by atoms with Crippen LogP contribution in [-0.2, 0) is 37.5 Å². The molecular formula is C52H94NO10P. The van der Waals surface area contributed by atoms with Crippen LogP contribution in [0, 0.1) is 0 Å². The van der Waals surface area contributed by atoms with E-state index in [1.54, 1.807) is 0 Å². The van der Waals surface area contributed by atoms with Crippen LogP contribution in [0.4, 0.5) is 0 Å². The van der Waals surface area contributed by atoms with Crippen molar-refractivity contribution in [3.8, 4) is 0 Å². The first kappa shape index (κ1) is 61.4. The van der Waals surface area contributed by atoms with Crippen LogP contribution in [0.2, 0.25) is 0 Å². The van der Waals surface area contributed by atoms with Gasteiger partial charge in [0.25, 0.3) is 0 Å². The highest BCUT2D eigenvalue weighted by molar-refractivity contribution is 7.47. The number of allylic oxidation sites excluding steroid dienone is 8. The molecule has 0 radical (unpaired) electrons. The summed E-state index contributed by atoms with van der Waals surface area (Å²) in [4.78, 5) is 46.2. The lowest BCUT2D eigenvalue weighted by Gasteiger charge is -2.20. The number of esters is 2. The Morgan fingerprint density at radius 3 is 1.25 bits per heavy atom. The fraction of sp³-hybridized carbons (Fsp3) is 0.788. The number of hydrogen-bond donors (Lipinski definition) is 3. The zero-order valence-electron chi connectivity index (χ0n) is 40.6. The number of phosphoric ester groups is 1. The number of ether oxygens (including phenoxy) is 2. The first-order valence-corrected chi connectivity index (χ1v) is 27.2. The van der Waals surface area contributed by atoms with E-state index in [4.69, 9.17) is 24.8 Å². The summed E-state index contributed by atoms with van der Waals surface area (Å²) in [6, 6.07) is -1.52. The Kier molecular flexibility index (Phi) is 45.1. The van der Waals surface area contributed by atoms with E-state index in [0.717, 1.165) is 64.2 Å². The maximum absolute atomic E-state index is 12.7. The van der Waals surface area contributed by atoms with Crippen LogP contribution in [0.1, 0.15) is 232 Å². The summed E-state index contributed by atoms with van der Waals surface area (Å²) in [5.74, 6) is -2.38. The van der Waals surface area contributed by atoms with Gasteiger partial charge in [0.15, 0.2) is 6.10 Å². The lowest BCUT2D eigenvalue weighted by molar-refractivity contribution is -0.161. The Morgan fingerprint density at radius 2 is 0.828 bits per heavy atom. The van der Waals surface area contributed by atoms with E-state index >= 15 is 0 Å². The van der Waals surface area contributed by atoms with Crippen LogP contribution in [0.5, 0.6) is 0 Å². The number of phosphoric acid groups is 1. The molecule has 3 unspecified atom stereocenters. The summed E-state index contributed by atoms with van der Waals surface area (Å²) >= 11 is 0. The Bertz CT molecular complexity index is 1270. The molecule has 3 atom stereocenters. The Balaban J connectivity index is 4.26. The third-order valence-electron chi connectivity index (χ3n) is 11.0. The number of carboxylic acids is 1. The van der Waals surface area contributed by atoms with Crippen LogP contribution in [0.3, 0.4) is 0 Å². The minimum atomic E-state index is -4.72. The van der Waals surface area contributed by atoms with Gasteiger partial charge in [-0.2, -0.15) is 0 Å². The second-order valence-corrected chi connectivity index (χ2v) is 18.8. The van der Waals surface area contributed by atoms with E-state index in [1.165, 1.54) is 128 Å². The quantitative estimate of drug-likeness (QED) is 0.0229. The van der Waals surface area contributed by atoms with Gasteiger partial charge in [0.1, 0.15) is 12.6 Å². The van der Waals surface area contributed by atoms with E-state index in [1.807, 2.05) is 0 Å². The fourth-order valence-electron chi connectivity index (χ4n) is 7.01. The van der Waals surface area contributed by atoms with Crippen molar-refractivity contribution in [3.05, 3.63) is 48.6 Å². The van der Waals surface area contributed by atoms with Gasteiger partial charge in [0.05, 0.1) is 13.2 Å². The second kappa shape index (κ2) is 47.0. The van der Waals surface area contributed by atoms with Crippen molar-refractivity contribution in [2.45, 2.75) is 244 Å². The monoisotopic (exact) mass is 924 g/mol. The van der Waals surface area contributed by atoms with Gasteiger partial charge in [-0.3, -0.25) is 23.4 Å². The number of unbranched alkanes of at least 4 members (excludes halogenated alkanes) is 26. The lowest BCUT2D eigenvalue weighted by atomic mass is 10.1. The molecule has 4 N–H and O–H groups in total. The van der Waals surface area contributed by atoms with Gasteiger partial charge in [0.2, 0.25) is 0 Å². The van der Waals surface area contributed by atoms with Crippen molar-refractivity contribution in [2.24, 2.45) is 5.73 Å². The third kappa shape index (κ3) is 46.0. The molecule has 0 aromatic heterocycles. The van der Waals surface area contributed by atoms with Crippen LogP contribution in [0.25, 0.3) is 0 Å². The van der Waals surface area contributed by atoms with Crippen molar-refractivity contribution in [2.75, 3.05) is 19.8 Å². The van der Waals surface area contributed by atoms with Crippen molar-refractivity contribution in [3.63, 3.8) is 0 Å². The molecule has 0 amide bonds. The lowest BCUT2D eigenvalue weighted by Crippen LogP contribution is -2.34. The van der Waals surface area contributed by atoms with E-state index in [-0.39, 0.29) is 19.4 Å². The molecule has 0 saturated carbocycles. The molecule has 11 nitrogen and oxygen atoms in total. The van der Waals surface area contributed by atoms with Crippen molar-refractivity contribution in [1.29, 1.82) is 0 Å². The predicted octanol–water partition coefficient (Wildman–Crippen LogP) is 14.5. The predicted molar refractivity (Wildman–Crippen MR) is 263 cm³/mol. The van der Waals surface area contributed by atoms with Crippen molar-refractivity contribution in [1.82, 2.24) is 0 Å². The normalized spacial score (nSPS) is 13.9. The van der Waals surface area contributed by atoms with E-state index in [2.05, 4.69) is 67.0 Å². The van der Waals surface area contributed by atoms with E-state index in [0.29, 0.717) is 12.8 Å². The molecule has 0 saturated heterocycles. The zero-order chi connectivity index (χ0) is 47.0. The van der Waals surface area contributed by atoms with E-state index < -0.39 is 51.1 Å². The molecule has 0 aromatic carbocycles. The molecule has 0 aromatic rings. The molecule has 0 spiro atoms. The van der Waals surface area contributed by atoms with Crippen LogP contribution in [0.15, 0.2) is 48.6 Å². The molecule has 0 rings (SSSR count). The molecule has 0 fully saturated rings. The number of carboxylic acid groups (broad SMARTS) is 1. The summed E-state index contributed by atoms with van der Waals surface area (Å²) in [5, 5.41) is 8.92. The number of rotatable bonds is 48. The Labute approximate surface area is 390 Å². The summed E-state index contributed by atoms with van der Waals surface area (Å²) in [6.45, 7) is 2.79. The summed E-state index contributed by atoms with van der Waals surface area (Å²) in [5.41, 5.74) is 5.35. The number of hydrogen-bond acceptors (Lipinski definition) is 9. The highest BCUT2D eigenvalue weighted by atomic mass is 31.2. The van der Waals surface area contributed by atoms with Gasteiger partial charge in [-0.15, -0.1) is 0 Å². The van der Waals surface area contributed by atoms with Gasteiger partial charge in [-0.05, 0) is 77.0 Å². The summed E-state index contributed by atoms with van der Waals surface area (Å²) < 4.78 is 32.9. The van der Waals surface area contributed by atoms with Gasteiger partial charge in [-0.25, -0.2) is 4.57 Å². The molecule has 0 aliphatic rings. The van der Waals surface area contributed by atoms with Crippen LogP contribution >= 0.6 is 7.82 Å². The SMILES string of the molecule is CCCCC/C=C\C/C=C\CCCCCCCCCCCC(=O)OCC(COP(=O)(O)OCC(N)C(=O)O)OC(=O)CCCCCCCCCCC/C=C\C/C=C\CCCCCCC. The molecular weight excluding hydrogens is 830 g/mol. The molecule has 12 heteroatoms. The molecule has 0 heterocycles. The average molecular weight is 924 g/mol. The van der Waals surface area contributed by atoms with Gasteiger partial charge in [0, 0.05) is 12.8 Å². The number of aliphatic carboxylic acids is 1. The zero-order valence-corrected chi connectivity index (χ0v) is 41.5. The molecule has 64 heavy (non-hydrogen) atoms. The third-order valence-corrected chi connectivity index (χ3v) is 12.0. The van der Waals surface area contributed by atoms with Gasteiger partial charge < -0.3 is 25.2 Å².